The lowest BCUT2D eigenvalue weighted by atomic mass is 9.95. The first kappa shape index (κ1) is 52.9. The molecule has 3 rings (SSSR count). The van der Waals surface area contributed by atoms with Gasteiger partial charge in [0.25, 0.3) is 0 Å². The molecule has 0 fully saturated rings. The Hall–Kier alpha value is -2.48. The van der Waals surface area contributed by atoms with Crippen molar-refractivity contribution < 1.29 is 4.70 Å². The number of unbranched alkanes of at least 4 members (excludes halogenated alkanes) is 28. The maximum Gasteiger partial charge on any atom is 0.210 e. The molecule has 0 atom stereocenters. The molecular formula is C59H98N2. The highest BCUT2D eigenvalue weighted by atomic mass is 15.2. The summed E-state index contributed by atoms with van der Waals surface area (Å²) < 4.78 is 1.58. The van der Waals surface area contributed by atoms with Crippen molar-refractivity contribution in [2.45, 2.75) is 279 Å². The van der Waals surface area contributed by atoms with Crippen molar-refractivity contribution in [3.8, 4) is 0 Å². The molecule has 0 N–H and O–H groups in total. The van der Waals surface area contributed by atoms with Crippen LogP contribution in [-0.4, -0.2) is 4.70 Å². The minimum atomic E-state index is 0.967. The molecule has 1 aliphatic heterocycles. The lowest BCUT2D eigenvalue weighted by Gasteiger charge is -2.14. The summed E-state index contributed by atoms with van der Waals surface area (Å²) in [6, 6.07) is 14.4. The maximum atomic E-state index is 12.2. The molecule has 2 aromatic rings. The van der Waals surface area contributed by atoms with E-state index in [4.69, 9.17) is 0 Å². The van der Waals surface area contributed by atoms with Gasteiger partial charge in [-0.1, -0.05) is 227 Å². The third kappa shape index (κ3) is 22.6. The zero-order valence-corrected chi connectivity index (χ0v) is 41.3. The molecule has 344 valence electrons. The van der Waals surface area contributed by atoms with Gasteiger partial charge >= 0.3 is 0 Å². The number of benzene rings is 2. The monoisotopic (exact) mass is 835 g/mol. The number of rotatable bonds is 40. The molecule has 2 aromatic carbocycles. The van der Waals surface area contributed by atoms with Crippen molar-refractivity contribution >= 4 is 11.4 Å². The second-order valence-electron chi connectivity index (χ2n) is 19.4. The van der Waals surface area contributed by atoms with E-state index >= 15 is 0 Å². The van der Waals surface area contributed by atoms with Gasteiger partial charge in [-0.3, -0.25) is 0 Å². The lowest BCUT2D eigenvalue weighted by Crippen LogP contribution is -2.05. The van der Waals surface area contributed by atoms with E-state index in [1.807, 2.05) is 0 Å². The van der Waals surface area contributed by atoms with Gasteiger partial charge < -0.3 is 5.53 Å². The van der Waals surface area contributed by atoms with Crippen LogP contribution in [0.2, 0.25) is 0 Å². The third-order valence-corrected chi connectivity index (χ3v) is 13.6. The van der Waals surface area contributed by atoms with Gasteiger partial charge in [0.15, 0.2) is 0 Å². The predicted molar refractivity (Wildman–Crippen MR) is 272 cm³/mol. The summed E-state index contributed by atoms with van der Waals surface area (Å²) in [5.74, 6) is 0. The number of allylic oxidation sites excluding steroid dienone is 2. The highest BCUT2D eigenvalue weighted by Crippen LogP contribution is 2.39. The molecule has 0 spiro atoms. The quantitative estimate of drug-likeness (QED) is 0.0472. The second-order valence-corrected chi connectivity index (χ2v) is 19.4. The summed E-state index contributed by atoms with van der Waals surface area (Å²) in [5, 5.41) is 0. The lowest BCUT2D eigenvalue weighted by molar-refractivity contribution is -0.344. The average Bonchev–Trinajstić information content (AvgIpc) is 3.61. The third-order valence-electron chi connectivity index (χ3n) is 13.6. The van der Waals surface area contributed by atoms with Crippen LogP contribution in [0, 0.1) is 0 Å². The van der Waals surface area contributed by atoms with Crippen molar-refractivity contribution in [2.75, 3.05) is 0 Å². The normalized spacial score (nSPS) is 12.9. The van der Waals surface area contributed by atoms with Crippen LogP contribution in [0.4, 0.5) is 0 Å². The largest absolute Gasteiger partial charge is 0.493 e. The Morgan fingerprint density at radius 3 is 0.902 bits per heavy atom. The van der Waals surface area contributed by atoms with Crippen LogP contribution in [-0.2, 0) is 25.7 Å². The molecule has 0 bridgehead atoms. The van der Waals surface area contributed by atoms with Crippen LogP contribution in [0.1, 0.15) is 286 Å². The molecule has 1 heterocycles. The number of hydrogen-bond acceptors (Lipinski definition) is 0. The fraction of sp³-hybridized carbons (Fsp3) is 0.729. The van der Waals surface area contributed by atoms with Gasteiger partial charge in [-0.15, -0.1) is 0 Å². The van der Waals surface area contributed by atoms with E-state index in [9.17, 15) is 5.53 Å². The molecule has 61 heavy (non-hydrogen) atoms. The van der Waals surface area contributed by atoms with Gasteiger partial charge in [0.1, 0.15) is 0 Å². The van der Waals surface area contributed by atoms with Crippen LogP contribution in [0.25, 0.3) is 16.9 Å². The van der Waals surface area contributed by atoms with E-state index in [1.54, 1.807) is 4.70 Å². The Balaban J connectivity index is 1.44. The topological polar surface area (TPSA) is 25.3 Å². The van der Waals surface area contributed by atoms with Crippen LogP contribution in [0.3, 0.4) is 0 Å². The van der Waals surface area contributed by atoms with E-state index in [1.165, 1.54) is 251 Å². The minimum Gasteiger partial charge on any atom is -0.493 e. The highest BCUT2D eigenvalue weighted by molar-refractivity contribution is 5.79. The molecule has 0 saturated carbocycles. The first-order chi connectivity index (χ1) is 30.0. The average molecular weight is 835 g/mol. The Morgan fingerprint density at radius 2 is 0.590 bits per heavy atom. The summed E-state index contributed by atoms with van der Waals surface area (Å²) in [4.78, 5) is 0. The molecule has 2 nitrogen and oxygen atoms in total. The van der Waals surface area contributed by atoms with Crippen LogP contribution in [0.15, 0.2) is 48.0 Å². The van der Waals surface area contributed by atoms with Crippen LogP contribution >= 0.6 is 0 Å². The fourth-order valence-corrected chi connectivity index (χ4v) is 9.62. The maximum absolute atomic E-state index is 12.2. The minimum absolute atomic E-state index is 0.967. The van der Waals surface area contributed by atoms with Gasteiger partial charge in [0.05, 0.1) is 0 Å². The molecule has 0 radical (unpaired) electrons. The second kappa shape index (κ2) is 34.9. The molecule has 1 aliphatic rings. The summed E-state index contributed by atoms with van der Waals surface area (Å²) in [7, 11) is 0. The molecular weight excluding hydrogens is 737 g/mol. The number of aryl methyl sites for hydroxylation is 4. The Bertz CT molecular complexity index is 1440. The van der Waals surface area contributed by atoms with E-state index in [0.717, 1.165) is 43.5 Å². The SMILES string of the molecule is CCCCCCCCCCCCCCCCCCCCCCCCCCCC1=C(c2cc(CCCC)cc(CCCC)c2)[N+](=[N-])C(c2cc(CCCC)cc(CCCC)c2)=C1. The molecule has 0 aromatic heterocycles. The summed E-state index contributed by atoms with van der Waals surface area (Å²) in [6.45, 7) is 11.5. The van der Waals surface area contributed by atoms with Crippen LogP contribution < -0.4 is 0 Å². The number of nitrogens with zero attached hydrogens (tertiary/aromatic N) is 2. The molecule has 0 unspecified atom stereocenters. The fourth-order valence-electron chi connectivity index (χ4n) is 9.62. The zero-order valence-electron chi connectivity index (χ0n) is 41.3. The Morgan fingerprint density at radius 1 is 0.311 bits per heavy atom. The standard InChI is InChI=1S/C59H98N2/c1-6-11-16-17-18-19-20-21-22-23-24-25-26-27-28-29-30-31-32-33-34-35-36-37-38-43-55-50-58(56-46-51(39-12-7-2)44-52(47-56)40-13-8-3)61(60)59(55)57-48-53(41-14-9-4)45-54(49-57)42-15-10-5/h44-50H,6-43H2,1-5H3. The summed E-state index contributed by atoms with van der Waals surface area (Å²) in [5.41, 5.74) is 23.6. The zero-order chi connectivity index (χ0) is 43.6. The van der Waals surface area contributed by atoms with E-state index in [-0.39, 0.29) is 0 Å². The molecule has 2 heteroatoms. The molecule has 0 aliphatic carbocycles. The van der Waals surface area contributed by atoms with Gasteiger partial charge in [0, 0.05) is 22.8 Å². The van der Waals surface area contributed by atoms with Crippen molar-refractivity contribution in [3.05, 3.63) is 87.0 Å². The Labute approximate surface area is 380 Å². The van der Waals surface area contributed by atoms with E-state index < -0.39 is 0 Å². The smallest absolute Gasteiger partial charge is 0.210 e. The van der Waals surface area contributed by atoms with Crippen molar-refractivity contribution in [2.24, 2.45) is 0 Å². The van der Waals surface area contributed by atoms with Gasteiger partial charge in [-0.25, -0.2) is 4.70 Å². The first-order valence-electron chi connectivity index (χ1n) is 27.2. The predicted octanol–water partition coefficient (Wildman–Crippen LogP) is 20.0. The highest BCUT2D eigenvalue weighted by Gasteiger charge is 2.29. The summed E-state index contributed by atoms with van der Waals surface area (Å²) >= 11 is 0. The Kier molecular flexibility index (Phi) is 30.3. The van der Waals surface area contributed by atoms with Gasteiger partial charge in [-0.2, -0.15) is 0 Å². The molecule has 0 saturated heterocycles. The van der Waals surface area contributed by atoms with Crippen LogP contribution in [0.5, 0.6) is 0 Å². The van der Waals surface area contributed by atoms with Gasteiger partial charge in [-0.05, 0) is 111 Å². The number of hydrogen-bond donors (Lipinski definition) is 0. The van der Waals surface area contributed by atoms with Gasteiger partial charge in [0.2, 0.25) is 11.4 Å². The van der Waals surface area contributed by atoms with E-state index in [2.05, 4.69) is 77.1 Å². The molecule has 0 amide bonds. The van der Waals surface area contributed by atoms with Crippen molar-refractivity contribution in [3.63, 3.8) is 0 Å². The van der Waals surface area contributed by atoms with E-state index in [0.29, 0.717) is 0 Å². The summed E-state index contributed by atoms with van der Waals surface area (Å²) in [6.07, 6.45) is 53.0. The first-order valence-corrected chi connectivity index (χ1v) is 27.2. The van der Waals surface area contributed by atoms with Crippen molar-refractivity contribution in [1.82, 2.24) is 0 Å². The van der Waals surface area contributed by atoms with Crippen molar-refractivity contribution in [1.29, 1.82) is 0 Å².